The van der Waals surface area contributed by atoms with Gasteiger partial charge in [0.15, 0.2) is 0 Å². The Balaban J connectivity index is 1.88. The molecule has 2 rings (SSSR count). The summed E-state index contributed by atoms with van der Waals surface area (Å²) in [5, 5.41) is 8.64. The van der Waals surface area contributed by atoms with Gasteiger partial charge in [-0.25, -0.2) is 0 Å². The lowest BCUT2D eigenvalue weighted by Crippen LogP contribution is -1.94. The van der Waals surface area contributed by atoms with Crippen molar-refractivity contribution in [3.63, 3.8) is 0 Å². The van der Waals surface area contributed by atoms with E-state index in [0.29, 0.717) is 0 Å². The molecule has 2 heteroatoms. The summed E-state index contributed by atoms with van der Waals surface area (Å²) in [4.78, 5) is 0. The van der Waals surface area contributed by atoms with Crippen LogP contribution in [0.3, 0.4) is 0 Å². The molecule has 0 bridgehead atoms. The second kappa shape index (κ2) is 9.34. The Morgan fingerprint density at radius 3 is 2.09 bits per heavy atom. The first-order valence-corrected chi connectivity index (χ1v) is 8.75. The van der Waals surface area contributed by atoms with Gasteiger partial charge in [-0.15, -0.1) is 0 Å². The van der Waals surface area contributed by atoms with Crippen molar-refractivity contribution in [3.8, 4) is 11.3 Å². The number of unbranched alkanes of at least 4 members (excludes halogenated alkanes) is 4. The Morgan fingerprint density at radius 2 is 1.45 bits per heavy atom. The van der Waals surface area contributed by atoms with Gasteiger partial charge in [0.1, 0.15) is 0 Å². The molecular formula is C20H28N2. The number of aryl methyl sites for hydroxylation is 2. The van der Waals surface area contributed by atoms with Crippen LogP contribution in [0.1, 0.15) is 63.6 Å². The Bertz CT molecular complexity index is 529. The number of hydrogen-bond donors (Lipinski definition) is 0. The fourth-order valence-electron chi connectivity index (χ4n) is 2.68. The van der Waals surface area contributed by atoms with E-state index >= 15 is 0 Å². The molecule has 0 aliphatic rings. The Kier molecular flexibility index (Phi) is 7.08. The monoisotopic (exact) mass is 296 g/mol. The van der Waals surface area contributed by atoms with Crippen molar-refractivity contribution in [1.82, 2.24) is 10.2 Å². The first kappa shape index (κ1) is 16.7. The highest BCUT2D eigenvalue weighted by atomic mass is 15.1. The van der Waals surface area contributed by atoms with Gasteiger partial charge >= 0.3 is 0 Å². The maximum absolute atomic E-state index is 4.34. The zero-order valence-electron chi connectivity index (χ0n) is 14.0. The van der Waals surface area contributed by atoms with Crippen LogP contribution in [-0.4, -0.2) is 10.2 Å². The second-order valence-electron chi connectivity index (χ2n) is 6.02. The summed E-state index contributed by atoms with van der Waals surface area (Å²) in [6, 6.07) is 13.0. The largest absolute Gasteiger partial charge is 0.155 e. The van der Waals surface area contributed by atoms with Crippen LogP contribution in [0.25, 0.3) is 11.3 Å². The molecule has 0 unspecified atom stereocenters. The molecule has 1 heterocycles. The summed E-state index contributed by atoms with van der Waals surface area (Å²) in [5.74, 6) is 0. The van der Waals surface area contributed by atoms with Crippen LogP contribution in [0.4, 0.5) is 0 Å². The van der Waals surface area contributed by atoms with Gasteiger partial charge in [0, 0.05) is 5.56 Å². The second-order valence-corrected chi connectivity index (χ2v) is 6.02. The summed E-state index contributed by atoms with van der Waals surface area (Å²) in [7, 11) is 0. The smallest absolute Gasteiger partial charge is 0.0929 e. The normalized spacial score (nSPS) is 10.8. The highest BCUT2D eigenvalue weighted by molar-refractivity contribution is 5.58. The molecule has 1 aromatic heterocycles. The van der Waals surface area contributed by atoms with Gasteiger partial charge in [-0.05, 0) is 37.0 Å². The lowest BCUT2D eigenvalue weighted by Gasteiger charge is -2.05. The van der Waals surface area contributed by atoms with Crippen molar-refractivity contribution in [1.29, 1.82) is 0 Å². The van der Waals surface area contributed by atoms with Crippen LogP contribution < -0.4 is 0 Å². The number of aromatic nitrogens is 2. The van der Waals surface area contributed by atoms with Gasteiger partial charge in [0.2, 0.25) is 0 Å². The molecule has 2 nitrogen and oxygen atoms in total. The number of benzene rings is 1. The summed E-state index contributed by atoms with van der Waals surface area (Å²) in [6.45, 7) is 4.42. The van der Waals surface area contributed by atoms with Crippen molar-refractivity contribution in [2.24, 2.45) is 0 Å². The summed E-state index contributed by atoms with van der Waals surface area (Å²) in [6.07, 6.45) is 9.99. The van der Waals surface area contributed by atoms with Crippen molar-refractivity contribution in [2.45, 2.75) is 65.2 Å². The average molecular weight is 296 g/mol. The molecule has 2 aromatic rings. The summed E-state index contributed by atoms with van der Waals surface area (Å²) >= 11 is 0. The fourth-order valence-corrected chi connectivity index (χ4v) is 2.68. The SMILES string of the molecule is CCCCCCCc1ccc(-c2ccc(CCC)nn2)cc1. The highest BCUT2D eigenvalue weighted by Crippen LogP contribution is 2.18. The molecule has 0 saturated heterocycles. The molecule has 0 aliphatic carbocycles. The molecule has 0 spiro atoms. The van der Waals surface area contributed by atoms with Crippen molar-refractivity contribution < 1.29 is 0 Å². The molecule has 0 N–H and O–H groups in total. The van der Waals surface area contributed by atoms with E-state index in [1.807, 2.05) is 0 Å². The fraction of sp³-hybridized carbons (Fsp3) is 0.500. The van der Waals surface area contributed by atoms with Gasteiger partial charge < -0.3 is 0 Å². The van der Waals surface area contributed by atoms with E-state index in [0.717, 1.165) is 29.8 Å². The summed E-state index contributed by atoms with van der Waals surface area (Å²) in [5.41, 5.74) is 4.63. The maximum Gasteiger partial charge on any atom is 0.0929 e. The third-order valence-electron chi connectivity index (χ3n) is 4.04. The van der Waals surface area contributed by atoms with Crippen LogP contribution >= 0.6 is 0 Å². The lowest BCUT2D eigenvalue weighted by atomic mass is 10.0. The number of nitrogens with zero attached hydrogens (tertiary/aromatic N) is 2. The van der Waals surface area contributed by atoms with E-state index < -0.39 is 0 Å². The van der Waals surface area contributed by atoms with Crippen LogP contribution in [0.5, 0.6) is 0 Å². The molecule has 0 atom stereocenters. The van der Waals surface area contributed by atoms with Crippen LogP contribution in [0.2, 0.25) is 0 Å². The Morgan fingerprint density at radius 1 is 0.682 bits per heavy atom. The zero-order chi connectivity index (χ0) is 15.6. The molecule has 0 saturated carbocycles. The van der Waals surface area contributed by atoms with E-state index in [9.17, 15) is 0 Å². The molecule has 118 valence electrons. The summed E-state index contributed by atoms with van der Waals surface area (Å²) < 4.78 is 0. The molecule has 0 fully saturated rings. The molecular weight excluding hydrogens is 268 g/mol. The van der Waals surface area contributed by atoms with Gasteiger partial charge in [-0.2, -0.15) is 10.2 Å². The average Bonchev–Trinajstić information content (AvgIpc) is 2.56. The maximum atomic E-state index is 4.34. The van der Waals surface area contributed by atoms with Crippen LogP contribution in [-0.2, 0) is 12.8 Å². The standard InChI is InChI=1S/C20H28N2/c1-3-5-6-7-8-10-17-11-13-18(14-12-17)20-16-15-19(9-4-2)21-22-20/h11-16H,3-10H2,1-2H3. The lowest BCUT2D eigenvalue weighted by molar-refractivity contribution is 0.632. The minimum absolute atomic E-state index is 0.967. The molecule has 0 aliphatic heterocycles. The van der Waals surface area contributed by atoms with E-state index in [4.69, 9.17) is 0 Å². The van der Waals surface area contributed by atoms with Crippen molar-refractivity contribution >= 4 is 0 Å². The minimum Gasteiger partial charge on any atom is -0.155 e. The van der Waals surface area contributed by atoms with E-state index in [1.165, 1.54) is 44.1 Å². The van der Waals surface area contributed by atoms with Gasteiger partial charge in [0.25, 0.3) is 0 Å². The van der Waals surface area contributed by atoms with Crippen LogP contribution in [0.15, 0.2) is 36.4 Å². The van der Waals surface area contributed by atoms with Crippen molar-refractivity contribution in [3.05, 3.63) is 47.7 Å². The van der Waals surface area contributed by atoms with E-state index in [1.54, 1.807) is 0 Å². The van der Waals surface area contributed by atoms with Crippen molar-refractivity contribution in [2.75, 3.05) is 0 Å². The Labute approximate surface area is 135 Å². The molecule has 1 aromatic carbocycles. The first-order valence-electron chi connectivity index (χ1n) is 8.75. The topological polar surface area (TPSA) is 25.8 Å². The third kappa shape index (κ3) is 5.25. The van der Waals surface area contributed by atoms with Crippen LogP contribution in [0, 0.1) is 0 Å². The number of hydrogen-bond acceptors (Lipinski definition) is 2. The third-order valence-corrected chi connectivity index (χ3v) is 4.04. The molecule has 22 heavy (non-hydrogen) atoms. The van der Waals surface area contributed by atoms with E-state index in [-0.39, 0.29) is 0 Å². The van der Waals surface area contributed by atoms with Gasteiger partial charge in [-0.1, -0.05) is 70.2 Å². The first-order chi connectivity index (χ1) is 10.8. The van der Waals surface area contributed by atoms with E-state index in [2.05, 4.69) is 60.4 Å². The Hall–Kier alpha value is -1.70. The van der Waals surface area contributed by atoms with Gasteiger partial charge in [-0.3, -0.25) is 0 Å². The number of rotatable bonds is 9. The molecule has 0 radical (unpaired) electrons. The quantitative estimate of drug-likeness (QED) is 0.562. The zero-order valence-corrected chi connectivity index (χ0v) is 14.0. The minimum atomic E-state index is 0.967. The predicted octanol–water partition coefficient (Wildman–Crippen LogP) is 5.61. The molecule has 0 amide bonds. The predicted molar refractivity (Wildman–Crippen MR) is 93.9 cm³/mol. The highest BCUT2D eigenvalue weighted by Gasteiger charge is 2.02. The van der Waals surface area contributed by atoms with Gasteiger partial charge in [0.05, 0.1) is 11.4 Å².